The summed E-state index contributed by atoms with van der Waals surface area (Å²) in [5, 5.41) is 1.90. The zero-order valence-electron chi connectivity index (χ0n) is 7.21. The molecular formula is C10H11BrClN. The Morgan fingerprint density at radius 1 is 1.38 bits per heavy atom. The normalized spacial score (nSPS) is 26.0. The molecule has 2 rings (SSSR count). The molecule has 1 saturated heterocycles. The van der Waals surface area contributed by atoms with Gasteiger partial charge in [-0.15, -0.1) is 0 Å². The van der Waals surface area contributed by atoms with Crippen molar-refractivity contribution in [3.63, 3.8) is 0 Å². The predicted octanol–water partition coefficient (Wildman–Crippen LogP) is 2.92. The smallest absolute Gasteiger partial charge is 0.0406 e. The number of rotatable bonds is 3. The Morgan fingerprint density at radius 2 is 2.08 bits per heavy atom. The quantitative estimate of drug-likeness (QED) is 0.596. The van der Waals surface area contributed by atoms with Crippen molar-refractivity contribution in [2.24, 2.45) is 0 Å². The summed E-state index contributed by atoms with van der Waals surface area (Å²) >= 11 is 9.28. The fourth-order valence-electron chi connectivity index (χ4n) is 1.39. The maximum Gasteiger partial charge on any atom is 0.0406 e. The molecule has 1 fully saturated rings. The van der Waals surface area contributed by atoms with Gasteiger partial charge in [-0.05, 0) is 17.7 Å². The maximum absolute atomic E-state index is 5.80. The molecule has 0 aliphatic carbocycles. The molecule has 1 heterocycles. The lowest BCUT2D eigenvalue weighted by Gasteiger charge is -2.02. The first-order valence-corrected chi connectivity index (χ1v) is 5.84. The molecule has 0 bridgehead atoms. The number of halogens is 2. The van der Waals surface area contributed by atoms with Crippen LogP contribution in [0.25, 0.3) is 0 Å². The molecule has 3 heteroatoms. The Bertz CT molecular complexity index is 285. The van der Waals surface area contributed by atoms with E-state index in [-0.39, 0.29) is 0 Å². The standard InChI is InChI=1S/C10H11BrClN/c11-5-10-7-13(10)6-8-1-3-9(12)4-2-8/h1-4,10H,5-7H2/t10-,13?/m1/s1. The van der Waals surface area contributed by atoms with E-state index >= 15 is 0 Å². The fourth-order valence-corrected chi connectivity index (χ4v) is 2.13. The van der Waals surface area contributed by atoms with Crippen LogP contribution in [0.1, 0.15) is 5.56 Å². The van der Waals surface area contributed by atoms with Gasteiger partial charge >= 0.3 is 0 Å². The lowest BCUT2D eigenvalue weighted by molar-refractivity contribution is 0.518. The van der Waals surface area contributed by atoms with Gasteiger partial charge < -0.3 is 0 Å². The van der Waals surface area contributed by atoms with Crippen molar-refractivity contribution >= 4 is 27.5 Å². The molecule has 1 aromatic carbocycles. The van der Waals surface area contributed by atoms with Crippen LogP contribution >= 0.6 is 27.5 Å². The van der Waals surface area contributed by atoms with Crippen molar-refractivity contribution in [3.8, 4) is 0 Å². The zero-order chi connectivity index (χ0) is 9.26. The van der Waals surface area contributed by atoms with Crippen LogP contribution in [-0.4, -0.2) is 22.8 Å². The van der Waals surface area contributed by atoms with Gasteiger partial charge in [-0.2, -0.15) is 0 Å². The molecule has 13 heavy (non-hydrogen) atoms. The number of hydrogen-bond donors (Lipinski definition) is 0. The van der Waals surface area contributed by atoms with Crippen LogP contribution in [-0.2, 0) is 6.54 Å². The van der Waals surface area contributed by atoms with E-state index in [9.17, 15) is 0 Å². The van der Waals surface area contributed by atoms with E-state index in [1.807, 2.05) is 12.1 Å². The summed E-state index contributed by atoms with van der Waals surface area (Å²) < 4.78 is 0. The van der Waals surface area contributed by atoms with E-state index in [1.165, 1.54) is 12.1 Å². The second kappa shape index (κ2) is 3.99. The second-order valence-electron chi connectivity index (χ2n) is 3.36. The average Bonchev–Trinajstić information content (AvgIpc) is 2.88. The summed E-state index contributed by atoms with van der Waals surface area (Å²) in [6.07, 6.45) is 0. The molecule has 0 saturated carbocycles. The Hall–Kier alpha value is -0.0500. The Kier molecular flexibility index (Phi) is 2.92. The Morgan fingerprint density at radius 3 is 2.62 bits per heavy atom. The summed E-state index contributed by atoms with van der Waals surface area (Å²) in [6, 6.07) is 8.82. The molecule has 1 aliphatic heterocycles. The first-order valence-electron chi connectivity index (χ1n) is 4.34. The Labute approximate surface area is 91.8 Å². The highest BCUT2D eigenvalue weighted by Crippen LogP contribution is 2.22. The van der Waals surface area contributed by atoms with Gasteiger partial charge in [-0.1, -0.05) is 39.7 Å². The van der Waals surface area contributed by atoms with Gasteiger partial charge in [0.2, 0.25) is 0 Å². The van der Waals surface area contributed by atoms with E-state index in [1.54, 1.807) is 0 Å². The van der Waals surface area contributed by atoms with Crippen molar-refractivity contribution in [3.05, 3.63) is 34.9 Å². The van der Waals surface area contributed by atoms with Gasteiger partial charge in [0.05, 0.1) is 0 Å². The van der Waals surface area contributed by atoms with Gasteiger partial charge in [0, 0.05) is 29.5 Å². The summed E-state index contributed by atoms with van der Waals surface area (Å²) in [4.78, 5) is 2.43. The number of nitrogens with zero attached hydrogens (tertiary/aromatic N) is 1. The van der Waals surface area contributed by atoms with Crippen LogP contribution in [0.15, 0.2) is 24.3 Å². The van der Waals surface area contributed by atoms with Gasteiger partial charge in [0.25, 0.3) is 0 Å². The summed E-state index contributed by atoms with van der Waals surface area (Å²) in [5.41, 5.74) is 1.34. The van der Waals surface area contributed by atoms with Crippen LogP contribution in [0.3, 0.4) is 0 Å². The highest BCUT2D eigenvalue weighted by molar-refractivity contribution is 9.09. The molecule has 0 aromatic heterocycles. The highest BCUT2D eigenvalue weighted by Gasteiger charge is 2.31. The van der Waals surface area contributed by atoms with Crippen LogP contribution < -0.4 is 0 Å². The number of alkyl halides is 1. The summed E-state index contributed by atoms with van der Waals surface area (Å²) in [6.45, 7) is 2.27. The molecule has 1 nitrogen and oxygen atoms in total. The largest absolute Gasteiger partial charge is 0.292 e. The monoisotopic (exact) mass is 259 g/mol. The Balaban J connectivity index is 1.92. The van der Waals surface area contributed by atoms with E-state index in [0.717, 1.165) is 22.9 Å². The topological polar surface area (TPSA) is 3.01 Å². The van der Waals surface area contributed by atoms with Crippen molar-refractivity contribution in [2.45, 2.75) is 12.6 Å². The van der Waals surface area contributed by atoms with Gasteiger partial charge in [-0.25, -0.2) is 0 Å². The van der Waals surface area contributed by atoms with Crippen molar-refractivity contribution in [2.75, 3.05) is 11.9 Å². The molecule has 0 spiro atoms. The lowest BCUT2D eigenvalue weighted by atomic mass is 10.2. The second-order valence-corrected chi connectivity index (χ2v) is 4.45. The van der Waals surface area contributed by atoms with E-state index in [2.05, 4.69) is 33.0 Å². The van der Waals surface area contributed by atoms with E-state index in [0.29, 0.717) is 0 Å². The van der Waals surface area contributed by atoms with Gasteiger partial charge in [0.1, 0.15) is 0 Å². The minimum absolute atomic E-state index is 0.746. The highest BCUT2D eigenvalue weighted by atomic mass is 79.9. The van der Waals surface area contributed by atoms with Crippen LogP contribution in [0.2, 0.25) is 5.02 Å². The molecule has 0 radical (unpaired) electrons. The van der Waals surface area contributed by atoms with Crippen LogP contribution in [0, 0.1) is 0 Å². The molecule has 0 N–H and O–H groups in total. The molecule has 1 aromatic rings. The number of benzene rings is 1. The molecule has 70 valence electrons. The molecule has 0 amide bonds. The SMILES string of the molecule is Clc1ccc(CN2C[C@H]2CBr)cc1. The third kappa shape index (κ3) is 2.46. The minimum Gasteiger partial charge on any atom is -0.292 e. The van der Waals surface area contributed by atoms with Gasteiger partial charge in [0.15, 0.2) is 0 Å². The minimum atomic E-state index is 0.746. The van der Waals surface area contributed by atoms with Gasteiger partial charge in [-0.3, -0.25) is 4.90 Å². The third-order valence-corrected chi connectivity index (χ3v) is 3.30. The molecular weight excluding hydrogens is 249 g/mol. The molecule has 1 aliphatic rings. The first kappa shape index (κ1) is 9.50. The predicted molar refractivity (Wildman–Crippen MR) is 59.4 cm³/mol. The fraction of sp³-hybridized carbons (Fsp3) is 0.400. The van der Waals surface area contributed by atoms with E-state index < -0.39 is 0 Å². The number of hydrogen-bond acceptors (Lipinski definition) is 1. The van der Waals surface area contributed by atoms with Crippen LogP contribution in [0.4, 0.5) is 0 Å². The van der Waals surface area contributed by atoms with Crippen molar-refractivity contribution < 1.29 is 0 Å². The zero-order valence-corrected chi connectivity index (χ0v) is 9.55. The lowest BCUT2D eigenvalue weighted by Crippen LogP contribution is -2.02. The third-order valence-electron chi connectivity index (χ3n) is 2.31. The van der Waals surface area contributed by atoms with E-state index in [4.69, 9.17) is 11.6 Å². The molecule has 1 unspecified atom stereocenters. The van der Waals surface area contributed by atoms with Crippen molar-refractivity contribution in [1.29, 1.82) is 0 Å². The summed E-state index contributed by atoms with van der Waals surface area (Å²) in [7, 11) is 0. The maximum atomic E-state index is 5.80. The van der Waals surface area contributed by atoms with Crippen molar-refractivity contribution in [1.82, 2.24) is 4.90 Å². The molecule has 2 atom stereocenters. The summed E-state index contributed by atoms with van der Waals surface area (Å²) in [5.74, 6) is 0. The first-order chi connectivity index (χ1) is 6.29. The van der Waals surface area contributed by atoms with Crippen LogP contribution in [0.5, 0.6) is 0 Å². The average molecular weight is 261 g/mol.